The molecule has 6 nitrogen and oxygen atoms in total. The Morgan fingerprint density at radius 2 is 2.26 bits per heavy atom. The molecule has 2 N–H and O–H groups in total. The predicted molar refractivity (Wildman–Crippen MR) is 71.2 cm³/mol. The van der Waals surface area contributed by atoms with E-state index < -0.39 is 0 Å². The molecule has 0 bridgehead atoms. The summed E-state index contributed by atoms with van der Waals surface area (Å²) in [6.07, 6.45) is 3.40. The van der Waals surface area contributed by atoms with Gasteiger partial charge in [-0.25, -0.2) is 4.52 Å². The van der Waals surface area contributed by atoms with Gasteiger partial charge >= 0.3 is 0 Å². The first-order chi connectivity index (χ1) is 9.22. The normalized spacial score (nSPS) is 18.6. The standard InChI is InChI=1S/C13H18N4O2/c1-10-3-2-6-17-11(10)14-12(16-17)15-13(9-18)4-7-19-8-5-13/h2-3,6,18H,4-5,7-9H2,1H3,(H,15,16). The highest BCUT2D eigenvalue weighted by molar-refractivity contribution is 5.50. The minimum absolute atomic E-state index is 0.0604. The molecule has 1 saturated heterocycles. The van der Waals surface area contributed by atoms with Crippen LogP contribution in [0.3, 0.4) is 0 Å². The molecule has 102 valence electrons. The van der Waals surface area contributed by atoms with Crippen LogP contribution < -0.4 is 5.32 Å². The van der Waals surface area contributed by atoms with Crippen molar-refractivity contribution in [2.75, 3.05) is 25.1 Å². The highest BCUT2D eigenvalue weighted by atomic mass is 16.5. The number of hydrogen-bond donors (Lipinski definition) is 2. The zero-order chi connectivity index (χ0) is 13.3. The topological polar surface area (TPSA) is 71.7 Å². The lowest BCUT2D eigenvalue weighted by atomic mass is 9.91. The van der Waals surface area contributed by atoms with Crippen molar-refractivity contribution in [3.05, 3.63) is 23.9 Å². The largest absolute Gasteiger partial charge is 0.394 e. The van der Waals surface area contributed by atoms with Crippen molar-refractivity contribution < 1.29 is 9.84 Å². The second kappa shape index (κ2) is 4.79. The summed E-state index contributed by atoms with van der Waals surface area (Å²) in [5.41, 5.74) is 1.55. The Morgan fingerprint density at radius 1 is 1.47 bits per heavy atom. The molecule has 0 aromatic carbocycles. The molecule has 3 heterocycles. The van der Waals surface area contributed by atoms with Crippen LogP contribution in [0, 0.1) is 6.92 Å². The van der Waals surface area contributed by atoms with Crippen molar-refractivity contribution >= 4 is 11.6 Å². The van der Waals surface area contributed by atoms with Crippen LogP contribution in [0.1, 0.15) is 18.4 Å². The number of ether oxygens (including phenoxy) is 1. The molecule has 0 unspecified atom stereocenters. The molecule has 2 aromatic rings. The maximum Gasteiger partial charge on any atom is 0.243 e. The molecule has 0 aliphatic carbocycles. The van der Waals surface area contributed by atoms with Crippen LogP contribution in [0.25, 0.3) is 5.65 Å². The Hall–Kier alpha value is -1.66. The average Bonchev–Trinajstić information content (AvgIpc) is 2.83. The van der Waals surface area contributed by atoms with Gasteiger partial charge < -0.3 is 15.2 Å². The van der Waals surface area contributed by atoms with Crippen molar-refractivity contribution in [3.63, 3.8) is 0 Å². The van der Waals surface area contributed by atoms with Crippen molar-refractivity contribution in [1.82, 2.24) is 14.6 Å². The third kappa shape index (κ3) is 2.29. The number of aryl methyl sites for hydroxylation is 1. The van der Waals surface area contributed by atoms with Gasteiger partial charge in [0.15, 0.2) is 5.65 Å². The zero-order valence-electron chi connectivity index (χ0n) is 11.0. The van der Waals surface area contributed by atoms with Crippen LogP contribution in [0.4, 0.5) is 5.95 Å². The smallest absolute Gasteiger partial charge is 0.243 e. The number of hydrogen-bond acceptors (Lipinski definition) is 5. The number of aliphatic hydroxyl groups excluding tert-OH is 1. The summed E-state index contributed by atoms with van der Waals surface area (Å²) in [5.74, 6) is 0.560. The first-order valence-corrected chi connectivity index (χ1v) is 6.51. The van der Waals surface area contributed by atoms with E-state index in [-0.39, 0.29) is 12.1 Å². The van der Waals surface area contributed by atoms with E-state index in [1.807, 2.05) is 25.3 Å². The third-order valence-corrected chi connectivity index (χ3v) is 3.69. The summed E-state index contributed by atoms with van der Waals surface area (Å²) in [6, 6.07) is 3.95. The number of rotatable bonds is 3. The molecule has 3 rings (SSSR count). The van der Waals surface area contributed by atoms with Crippen LogP contribution in [0.2, 0.25) is 0 Å². The van der Waals surface area contributed by atoms with E-state index >= 15 is 0 Å². The number of aromatic nitrogens is 3. The third-order valence-electron chi connectivity index (χ3n) is 3.69. The molecule has 0 spiro atoms. The molecule has 1 fully saturated rings. The number of fused-ring (bicyclic) bond motifs is 1. The van der Waals surface area contributed by atoms with Crippen molar-refractivity contribution in [3.8, 4) is 0 Å². The van der Waals surface area contributed by atoms with Crippen LogP contribution >= 0.6 is 0 Å². The zero-order valence-corrected chi connectivity index (χ0v) is 11.0. The van der Waals surface area contributed by atoms with Gasteiger partial charge in [0.05, 0.1) is 12.1 Å². The van der Waals surface area contributed by atoms with Gasteiger partial charge in [-0.15, -0.1) is 5.10 Å². The Labute approximate surface area is 111 Å². The molecule has 6 heteroatoms. The Kier molecular flexibility index (Phi) is 3.12. The lowest BCUT2D eigenvalue weighted by Crippen LogP contribution is -2.47. The van der Waals surface area contributed by atoms with E-state index in [9.17, 15) is 5.11 Å². The molecule has 2 aromatic heterocycles. The summed E-state index contributed by atoms with van der Waals surface area (Å²) >= 11 is 0. The van der Waals surface area contributed by atoms with Gasteiger partial charge in [-0.1, -0.05) is 6.07 Å². The molecule has 0 atom stereocenters. The maximum absolute atomic E-state index is 9.65. The van der Waals surface area contributed by atoms with E-state index in [0.29, 0.717) is 19.2 Å². The monoisotopic (exact) mass is 262 g/mol. The van der Waals surface area contributed by atoms with E-state index in [2.05, 4.69) is 15.4 Å². The number of pyridine rings is 1. The summed E-state index contributed by atoms with van der Waals surface area (Å²) in [6.45, 7) is 3.37. The number of nitrogens with one attached hydrogen (secondary N) is 1. The van der Waals surface area contributed by atoms with Crippen LogP contribution in [0.15, 0.2) is 18.3 Å². The Bertz CT molecular complexity index is 575. The lowest BCUT2D eigenvalue weighted by Gasteiger charge is -2.35. The fourth-order valence-electron chi connectivity index (χ4n) is 2.41. The SMILES string of the molecule is Cc1cccn2nc(NC3(CO)CCOCC3)nc12. The van der Waals surface area contributed by atoms with Gasteiger partial charge in [0.2, 0.25) is 5.95 Å². The summed E-state index contributed by atoms with van der Waals surface area (Å²) < 4.78 is 7.10. The van der Waals surface area contributed by atoms with Crippen LogP contribution in [-0.4, -0.2) is 45.1 Å². The quantitative estimate of drug-likeness (QED) is 0.863. The van der Waals surface area contributed by atoms with Crippen LogP contribution in [0.5, 0.6) is 0 Å². The van der Waals surface area contributed by atoms with Gasteiger partial charge in [0.1, 0.15) is 0 Å². The van der Waals surface area contributed by atoms with Crippen LogP contribution in [-0.2, 0) is 4.74 Å². The summed E-state index contributed by atoms with van der Waals surface area (Å²) in [7, 11) is 0. The average molecular weight is 262 g/mol. The summed E-state index contributed by atoms with van der Waals surface area (Å²) in [5, 5.41) is 17.3. The fraction of sp³-hybridized carbons (Fsp3) is 0.538. The first kappa shape index (κ1) is 12.4. The molecule has 0 radical (unpaired) electrons. The van der Waals surface area contributed by atoms with Crippen molar-refractivity contribution in [2.24, 2.45) is 0 Å². The number of aliphatic hydroxyl groups is 1. The highest BCUT2D eigenvalue weighted by Gasteiger charge is 2.33. The highest BCUT2D eigenvalue weighted by Crippen LogP contribution is 2.24. The predicted octanol–water partition coefficient (Wildman–Crippen LogP) is 0.991. The van der Waals surface area contributed by atoms with Gasteiger partial charge in [-0.2, -0.15) is 4.98 Å². The Morgan fingerprint density at radius 3 is 2.95 bits per heavy atom. The molecular weight excluding hydrogens is 244 g/mol. The Balaban J connectivity index is 1.89. The molecular formula is C13H18N4O2. The van der Waals surface area contributed by atoms with Gasteiger partial charge in [0, 0.05) is 19.4 Å². The second-order valence-electron chi connectivity index (χ2n) is 5.07. The molecule has 0 amide bonds. The van der Waals surface area contributed by atoms with E-state index in [4.69, 9.17) is 4.74 Å². The van der Waals surface area contributed by atoms with E-state index in [0.717, 1.165) is 24.1 Å². The lowest BCUT2D eigenvalue weighted by molar-refractivity contribution is 0.0377. The minimum atomic E-state index is -0.364. The molecule has 1 aliphatic heterocycles. The summed E-state index contributed by atoms with van der Waals surface area (Å²) in [4.78, 5) is 4.49. The maximum atomic E-state index is 9.65. The minimum Gasteiger partial charge on any atom is -0.394 e. The van der Waals surface area contributed by atoms with E-state index in [1.54, 1.807) is 4.52 Å². The van der Waals surface area contributed by atoms with Crippen molar-refractivity contribution in [2.45, 2.75) is 25.3 Å². The van der Waals surface area contributed by atoms with Gasteiger partial charge in [-0.05, 0) is 31.4 Å². The van der Waals surface area contributed by atoms with Crippen molar-refractivity contribution in [1.29, 1.82) is 0 Å². The molecule has 19 heavy (non-hydrogen) atoms. The van der Waals surface area contributed by atoms with Gasteiger partial charge in [0.25, 0.3) is 0 Å². The van der Waals surface area contributed by atoms with E-state index in [1.165, 1.54) is 0 Å². The molecule has 0 saturated carbocycles. The molecule has 1 aliphatic rings. The number of anilines is 1. The fourth-order valence-corrected chi connectivity index (χ4v) is 2.41. The van der Waals surface area contributed by atoms with Gasteiger partial charge in [-0.3, -0.25) is 0 Å². The second-order valence-corrected chi connectivity index (χ2v) is 5.07. The first-order valence-electron chi connectivity index (χ1n) is 6.51. The number of nitrogens with zero attached hydrogens (tertiary/aromatic N) is 3.